The van der Waals surface area contributed by atoms with E-state index in [1.54, 1.807) is 20.0 Å². The fourth-order valence-electron chi connectivity index (χ4n) is 4.13. The second-order valence-electron chi connectivity index (χ2n) is 7.81. The Morgan fingerprint density at radius 2 is 2.03 bits per heavy atom. The number of aliphatic hydroxyl groups is 1. The van der Waals surface area contributed by atoms with Gasteiger partial charge in [-0.25, -0.2) is 13.2 Å². The lowest BCUT2D eigenvalue weighted by Gasteiger charge is -2.25. The Bertz CT molecular complexity index is 1090. The first-order chi connectivity index (χ1) is 14.9. The summed E-state index contributed by atoms with van der Waals surface area (Å²) in [6.07, 6.45) is 0.756. The fourth-order valence-corrected chi connectivity index (χ4v) is 4.13. The average Bonchev–Trinajstić information content (AvgIpc) is 3.24. The van der Waals surface area contributed by atoms with Crippen molar-refractivity contribution in [2.75, 3.05) is 23.4 Å². The Morgan fingerprint density at radius 1 is 1.26 bits per heavy atom. The summed E-state index contributed by atoms with van der Waals surface area (Å²) in [5.74, 6) is -0.535. The van der Waals surface area contributed by atoms with Gasteiger partial charge in [-0.3, -0.25) is 4.98 Å². The van der Waals surface area contributed by atoms with Gasteiger partial charge in [0, 0.05) is 17.5 Å². The monoisotopic (exact) mass is 431 g/mol. The molecule has 0 aliphatic carbocycles. The SMILES string of the molecule is Cc1nnc(N[C@H](C)c2cccc(C(F)F)c2F)c2cc(N3CCC[C@H]3CO)cnc12. The zero-order valence-electron chi connectivity index (χ0n) is 17.3. The number of benzene rings is 1. The van der Waals surface area contributed by atoms with E-state index in [0.29, 0.717) is 22.4 Å². The lowest BCUT2D eigenvalue weighted by Crippen LogP contribution is -2.32. The Labute approximate surface area is 178 Å². The number of aromatic nitrogens is 3. The number of hydrogen-bond donors (Lipinski definition) is 2. The molecule has 3 aromatic rings. The topological polar surface area (TPSA) is 74.2 Å². The summed E-state index contributed by atoms with van der Waals surface area (Å²) in [5, 5.41) is 21.8. The molecule has 2 aromatic heterocycles. The normalized spacial score (nSPS) is 17.5. The van der Waals surface area contributed by atoms with E-state index in [1.165, 1.54) is 12.1 Å². The van der Waals surface area contributed by atoms with Gasteiger partial charge in [-0.1, -0.05) is 18.2 Å². The summed E-state index contributed by atoms with van der Waals surface area (Å²) < 4.78 is 40.8. The van der Waals surface area contributed by atoms with Crippen molar-refractivity contribution in [3.05, 3.63) is 53.1 Å². The maximum absolute atomic E-state index is 14.6. The van der Waals surface area contributed by atoms with Crippen LogP contribution in [0.3, 0.4) is 0 Å². The number of rotatable bonds is 6. The maximum atomic E-state index is 14.6. The number of aryl methyl sites for hydroxylation is 1. The second kappa shape index (κ2) is 8.66. The molecular formula is C22H24F3N5O. The quantitative estimate of drug-likeness (QED) is 0.597. The highest BCUT2D eigenvalue weighted by atomic mass is 19.3. The van der Waals surface area contributed by atoms with Crippen molar-refractivity contribution < 1.29 is 18.3 Å². The molecule has 1 fully saturated rings. The number of alkyl halides is 2. The Kier molecular flexibility index (Phi) is 5.95. The fraction of sp³-hybridized carbons (Fsp3) is 0.409. The van der Waals surface area contributed by atoms with Crippen LogP contribution in [0.4, 0.5) is 24.7 Å². The molecule has 0 saturated carbocycles. The Morgan fingerprint density at radius 3 is 2.77 bits per heavy atom. The summed E-state index contributed by atoms with van der Waals surface area (Å²) in [6, 6.07) is 5.32. The Hall–Kier alpha value is -2.94. The van der Waals surface area contributed by atoms with Gasteiger partial charge in [0.2, 0.25) is 0 Å². The molecule has 6 nitrogen and oxygen atoms in total. The first kappa shape index (κ1) is 21.3. The zero-order valence-corrected chi connectivity index (χ0v) is 17.3. The lowest BCUT2D eigenvalue weighted by atomic mass is 10.0. The number of pyridine rings is 1. The number of halogens is 3. The first-order valence-corrected chi connectivity index (χ1v) is 10.2. The molecular weight excluding hydrogens is 407 g/mol. The summed E-state index contributed by atoms with van der Waals surface area (Å²) in [6.45, 7) is 4.36. The van der Waals surface area contributed by atoms with Crippen molar-refractivity contribution in [3.63, 3.8) is 0 Å². The van der Waals surface area contributed by atoms with E-state index >= 15 is 0 Å². The van der Waals surface area contributed by atoms with E-state index in [1.807, 2.05) is 6.07 Å². The number of anilines is 2. The van der Waals surface area contributed by atoms with E-state index in [4.69, 9.17) is 0 Å². The minimum atomic E-state index is -2.89. The van der Waals surface area contributed by atoms with Crippen molar-refractivity contribution in [1.82, 2.24) is 15.2 Å². The predicted octanol–water partition coefficient (Wildman–Crippen LogP) is 4.54. The minimum absolute atomic E-state index is 0.0386. The molecule has 1 aliphatic heterocycles. The third kappa shape index (κ3) is 4.01. The average molecular weight is 431 g/mol. The van der Waals surface area contributed by atoms with Crippen molar-refractivity contribution in [1.29, 1.82) is 0 Å². The van der Waals surface area contributed by atoms with Gasteiger partial charge in [-0.05, 0) is 32.8 Å². The van der Waals surface area contributed by atoms with Gasteiger partial charge < -0.3 is 15.3 Å². The predicted molar refractivity (Wildman–Crippen MR) is 113 cm³/mol. The summed E-state index contributed by atoms with van der Waals surface area (Å²) in [7, 11) is 0. The third-order valence-corrected chi connectivity index (χ3v) is 5.80. The van der Waals surface area contributed by atoms with Crippen molar-refractivity contribution >= 4 is 22.4 Å². The summed E-state index contributed by atoms with van der Waals surface area (Å²) in [4.78, 5) is 6.66. The number of nitrogens with one attached hydrogen (secondary N) is 1. The molecule has 2 atom stereocenters. The number of fused-ring (bicyclic) bond motifs is 1. The largest absolute Gasteiger partial charge is 0.394 e. The molecule has 0 radical (unpaired) electrons. The van der Waals surface area contributed by atoms with Crippen molar-refractivity contribution in [3.8, 4) is 0 Å². The maximum Gasteiger partial charge on any atom is 0.266 e. The van der Waals surface area contributed by atoms with Gasteiger partial charge in [0.05, 0.1) is 47.3 Å². The molecule has 0 spiro atoms. The van der Waals surface area contributed by atoms with E-state index in [-0.39, 0.29) is 18.2 Å². The molecule has 164 valence electrons. The van der Waals surface area contributed by atoms with Gasteiger partial charge in [0.1, 0.15) is 5.82 Å². The molecule has 0 unspecified atom stereocenters. The van der Waals surface area contributed by atoms with Crippen LogP contribution in [-0.2, 0) is 0 Å². The second-order valence-corrected chi connectivity index (χ2v) is 7.81. The van der Waals surface area contributed by atoms with E-state index in [2.05, 4.69) is 25.4 Å². The van der Waals surface area contributed by atoms with Crippen molar-refractivity contribution in [2.24, 2.45) is 0 Å². The van der Waals surface area contributed by atoms with E-state index in [9.17, 15) is 18.3 Å². The van der Waals surface area contributed by atoms with Gasteiger partial charge in [0.25, 0.3) is 6.43 Å². The summed E-state index contributed by atoms with van der Waals surface area (Å²) >= 11 is 0. The van der Waals surface area contributed by atoms with E-state index < -0.39 is 23.8 Å². The van der Waals surface area contributed by atoms with Crippen LogP contribution in [0.1, 0.15) is 49.1 Å². The van der Waals surface area contributed by atoms with Crippen LogP contribution in [0.15, 0.2) is 30.5 Å². The van der Waals surface area contributed by atoms with Crippen LogP contribution in [0.2, 0.25) is 0 Å². The van der Waals surface area contributed by atoms with Crippen LogP contribution in [0.25, 0.3) is 10.9 Å². The third-order valence-electron chi connectivity index (χ3n) is 5.80. The standard InChI is InChI=1S/C22H24F3N5O/c1-12(16-6-3-7-17(19(16)23)21(24)25)27-22-18-9-15(30-8-4-5-14(30)11-31)10-26-20(18)13(2)28-29-22/h3,6-7,9-10,12,14,21,31H,4-5,8,11H2,1-2H3,(H,27,29)/t12-,14+/m1/s1. The highest BCUT2D eigenvalue weighted by Gasteiger charge is 2.25. The first-order valence-electron chi connectivity index (χ1n) is 10.2. The van der Waals surface area contributed by atoms with Crippen molar-refractivity contribution in [2.45, 2.75) is 45.2 Å². The molecule has 31 heavy (non-hydrogen) atoms. The number of aliphatic hydroxyl groups excluding tert-OH is 1. The van der Waals surface area contributed by atoms with Crippen LogP contribution < -0.4 is 10.2 Å². The zero-order chi connectivity index (χ0) is 22.1. The summed E-state index contributed by atoms with van der Waals surface area (Å²) in [5.41, 5.74) is 1.65. The molecule has 1 aromatic carbocycles. The van der Waals surface area contributed by atoms with Gasteiger partial charge in [-0.15, -0.1) is 5.10 Å². The van der Waals surface area contributed by atoms with Crippen LogP contribution in [0.5, 0.6) is 0 Å². The molecule has 1 aliphatic rings. The Balaban J connectivity index is 1.71. The number of nitrogens with zero attached hydrogens (tertiary/aromatic N) is 4. The number of hydrogen-bond acceptors (Lipinski definition) is 6. The molecule has 0 bridgehead atoms. The van der Waals surface area contributed by atoms with Gasteiger partial charge in [-0.2, -0.15) is 5.10 Å². The lowest BCUT2D eigenvalue weighted by molar-refractivity contribution is 0.146. The minimum Gasteiger partial charge on any atom is -0.394 e. The highest BCUT2D eigenvalue weighted by molar-refractivity contribution is 5.92. The molecule has 9 heteroatoms. The van der Waals surface area contributed by atoms with Crippen LogP contribution >= 0.6 is 0 Å². The smallest absolute Gasteiger partial charge is 0.266 e. The molecule has 3 heterocycles. The molecule has 2 N–H and O–H groups in total. The van der Waals surface area contributed by atoms with Crippen LogP contribution in [0, 0.1) is 12.7 Å². The van der Waals surface area contributed by atoms with Crippen LogP contribution in [-0.4, -0.2) is 39.5 Å². The highest BCUT2D eigenvalue weighted by Crippen LogP contribution is 2.33. The molecule has 4 rings (SSSR count). The van der Waals surface area contributed by atoms with E-state index in [0.717, 1.165) is 31.1 Å². The molecule has 0 amide bonds. The van der Waals surface area contributed by atoms with Gasteiger partial charge in [0.15, 0.2) is 5.82 Å². The van der Waals surface area contributed by atoms with Gasteiger partial charge >= 0.3 is 0 Å². The molecule has 1 saturated heterocycles.